The van der Waals surface area contributed by atoms with Crippen molar-refractivity contribution < 1.29 is 9.53 Å². The van der Waals surface area contributed by atoms with Crippen molar-refractivity contribution in [1.29, 1.82) is 5.26 Å². The maximum absolute atomic E-state index is 11.6. The average molecular weight is 303 g/mol. The van der Waals surface area contributed by atoms with E-state index in [0.717, 1.165) is 0 Å². The predicted molar refractivity (Wildman–Crippen MR) is 64.4 cm³/mol. The second-order valence-electron chi connectivity index (χ2n) is 2.95. The van der Waals surface area contributed by atoms with Crippen LogP contribution in [0.15, 0.2) is 16.6 Å². The molecule has 3 nitrogen and oxygen atoms in total. The first-order valence-corrected chi connectivity index (χ1v) is 5.92. The fourth-order valence-corrected chi connectivity index (χ4v) is 2.28. The van der Waals surface area contributed by atoms with Gasteiger partial charge >= 0.3 is 5.97 Å². The Morgan fingerprint density at radius 1 is 1.62 bits per heavy atom. The minimum atomic E-state index is -0.462. The van der Waals surface area contributed by atoms with E-state index in [-0.39, 0.29) is 12.5 Å². The number of nitriles is 1. The maximum atomic E-state index is 11.6. The normalized spacial score (nSPS) is 9.62. The average Bonchev–Trinajstić information content (AvgIpc) is 2.28. The van der Waals surface area contributed by atoms with Crippen molar-refractivity contribution in [2.24, 2.45) is 0 Å². The molecule has 0 spiro atoms. The Bertz CT molecular complexity index is 454. The fraction of sp³-hybridized carbons (Fsp3) is 0.273. The van der Waals surface area contributed by atoms with Crippen molar-refractivity contribution in [1.82, 2.24) is 0 Å². The Hall–Kier alpha value is -1.05. The minimum Gasteiger partial charge on any atom is -0.462 e. The van der Waals surface area contributed by atoms with Crippen LogP contribution >= 0.6 is 27.5 Å². The molecule has 0 heterocycles. The lowest BCUT2D eigenvalue weighted by atomic mass is 10.1. The van der Waals surface area contributed by atoms with E-state index < -0.39 is 5.97 Å². The highest BCUT2D eigenvalue weighted by molar-refractivity contribution is 9.10. The molecule has 84 valence electrons. The SMILES string of the molecule is CCOC(=O)c1cc(C#N)cc(Br)c1CCl. The van der Waals surface area contributed by atoms with Crippen molar-refractivity contribution in [3.8, 4) is 6.07 Å². The molecule has 0 aliphatic rings. The summed E-state index contributed by atoms with van der Waals surface area (Å²) < 4.78 is 5.54. The van der Waals surface area contributed by atoms with Crippen molar-refractivity contribution in [3.63, 3.8) is 0 Å². The number of ether oxygens (including phenoxy) is 1. The lowest BCUT2D eigenvalue weighted by Crippen LogP contribution is -2.08. The summed E-state index contributed by atoms with van der Waals surface area (Å²) in [5.41, 5.74) is 1.37. The van der Waals surface area contributed by atoms with Gasteiger partial charge in [0.1, 0.15) is 0 Å². The molecule has 16 heavy (non-hydrogen) atoms. The van der Waals surface area contributed by atoms with Crippen LogP contribution in [0.1, 0.15) is 28.4 Å². The lowest BCUT2D eigenvalue weighted by Gasteiger charge is -2.09. The molecule has 0 unspecified atom stereocenters. The summed E-state index contributed by atoms with van der Waals surface area (Å²) in [4.78, 5) is 11.6. The molecule has 1 aromatic rings. The molecule has 0 saturated heterocycles. The van der Waals surface area contributed by atoms with Crippen molar-refractivity contribution >= 4 is 33.5 Å². The summed E-state index contributed by atoms with van der Waals surface area (Å²) in [7, 11) is 0. The summed E-state index contributed by atoms with van der Waals surface area (Å²) in [6, 6.07) is 5.09. The number of rotatable bonds is 3. The number of benzene rings is 1. The van der Waals surface area contributed by atoms with Gasteiger partial charge in [-0.05, 0) is 24.6 Å². The molecule has 1 aromatic carbocycles. The molecule has 0 atom stereocenters. The Morgan fingerprint density at radius 3 is 2.81 bits per heavy atom. The molecule has 0 aliphatic heterocycles. The van der Waals surface area contributed by atoms with Crippen LogP contribution in [0.5, 0.6) is 0 Å². The van der Waals surface area contributed by atoms with E-state index in [4.69, 9.17) is 21.6 Å². The molecule has 0 N–H and O–H groups in total. The van der Waals surface area contributed by atoms with E-state index in [0.29, 0.717) is 21.2 Å². The van der Waals surface area contributed by atoms with Crippen molar-refractivity contribution in [3.05, 3.63) is 33.3 Å². The van der Waals surface area contributed by atoms with E-state index in [1.807, 2.05) is 6.07 Å². The maximum Gasteiger partial charge on any atom is 0.338 e. The van der Waals surface area contributed by atoms with E-state index in [1.165, 1.54) is 6.07 Å². The van der Waals surface area contributed by atoms with Gasteiger partial charge in [-0.1, -0.05) is 15.9 Å². The third kappa shape index (κ3) is 2.75. The Kier molecular flexibility index (Phi) is 4.78. The predicted octanol–water partition coefficient (Wildman–Crippen LogP) is 3.24. The lowest BCUT2D eigenvalue weighted by molar-refractivity contribution is 0.0525. The van der Waals surface area contributed by atoms with Crippen LogP contribution in [-0.2, 0) is 10.6 Å². The number of carbonyl (C=O) groups is 1. The summed E-state index contributed by atoms with van der Waals surface area (Å²) in [5, 5.41) is 8.81. The number of esters is 1. The second-order valence-corrected chi connectivity index (χ2v) is 4.07. The second kappa shape index (κ2) is 5.88. The highest BCUT2D eigenvalue weighted by Crippen LogP contribution is 2.25. The van der Waals surface area contributed by atoms with Gasteiger partial charge in [0, 0.05) is 10.4 Å². The fourth-order valence-electron chi connectivity index (χ4n) is 1.23. The topological polar surface area (TPSA) is 50.1 Å². The van der Waals surface area contributed by atoms with Crippen LogP contribution in [0.2, 0.25) is 0 Å². The standard InChI is InChI=1S/C11H9BrClNO2/c1-2-16-11(15)8-3-7(6-14)4-10(12)9(8)5-13/h3-4H,2,5H2,1H3. The van der Waals surface area contributed by atoms with Gasteiger partial charge in [0.2, 0.25) is 0 Å². The summed E-state index contributed by atoms with van der Waals surface area (Å²) in [6.45, 7) is 2.01. The smallest absolute Gasteiger partial charge is 0.338 e. The van der Waals surface area contributed by atoms with Crippen LogP contribution in [0.3, 0.4) is 0 Å². The van der Waals surface area contributed by atoms with Gasteiger partial charge in [-0.3, -0.25) is 0 Å². The molecule has 0 aliphatic carbocycles. The van der Waals surface area contributed by atoms with Gasteiger partial charge in [-0.15, -0.1) is 11.6 Å². The Balaban J connectivity index is 3.29. The largest absolute Gasteiger partial charge is 0.462 e. The third-order valence-electron chi connectivity index (χ3n) is 1.95. The number of hydrogen-bond acceptors (Lipinski definition) is 3. The number of carbonyl (C=O) groups excluding carboxylic acids is 1. The van der Waals surface area contributed by atoms with Gasteiger partial charge in [-0.2, -0.15) is 5.26 Å². The molecule has 0 radical (unpaired) electrons. The zero-order valence-electron chi connectivity index (χ0n) is 8.59. The first kappa shape index (κ1) is 13.0. The molecule has 0 bridgehead atoms. The summed E-state index contributed by atoms with van der Waals surface area (Å²) in [5.74, 6) is -0.281. The monoisotopic (exact) mass is 301 g/mol. The molecule has 5 heteroatoms. The van der Waals surface area contributed by atoms with Crippen LogP contribution < -0.4 is 0 Å². The zero-order valence-corrected chi connectivity index (χ0v) is 10.9. The first-order chi connectivity index (χ1) is 7.63. The van der Waals surface area contributed by atoms with Crippen LogP contribution in [0, 0.1) is 11.3 Å². The molecule has 0 fully saturated rings. The van der Waals surface area contributed by atoms with E-state index in [9.17, 15) is 4.79 Å². The molecular formula is C11H9BrClNO2. The third-order valence-corrected chi connectivity index (χ3v) is 2.93. The van der Waals surface area contributed by atoms with E-state index >= 15 is 0 Å². The number of alkyl halides is 1. The van der Waals surface area contributed by atoms with E-state index in [2.05, 4.69) is 15.9 Å². The zero-order chi connectivity index (χ0) is 12.1. The molecule has 0 aromatic heterocycles. The van der Waals surface area contributed by atoms with Gasteiger partial charge < -0.3 is 4.74 Å². The molecule has 0 saturated carbocycles. The summed E-state index contributed by atoms with van der Waals surface area (Å²) >= 11 is 9.03. The van der Waals surface area contributed by atoms with Crippen LogP contribution in [-0.4, -0.2) is 12.6 Å². The molecule has 0 amide bonds. The van der Waals surface area contributed by atoms with Gasteiger partial charge in [-0.25, -0.2) is 4.79 Å². The van der Waals surface area contributed by atoms with Crippen LogP contribution in [0.4, 0.5) is 0 Å². The molecular weight excluding hydrogens is 293 g/mol. The minimum absolute atomic E-state index is 0.181. The van der Waals surface area contributed by atoms with Gasteiger partial charge in [0.25, 0.3) is 0 Å². The highest BCUT2D eigenvalue weighted by atomic mass is 79.9. The molecule has 1 rings (SSSR count). The number of hydrogen-bond donors (Lipinski definition) is 0. The van der Waals surface area contributed by atoms with E-state index in [1.54, 1.807) is 13.0 Å². The summed E-state index contributed by atoms with van der Waals surface area (Å²) in [6.07, 6.45) is 0. The van der Waals surface area contributed by atoms with Gasteiger partial charge in [0.05, 0.1) is 23.8 Å². The number of nitrogens with zero attached hydrogens (tertiary/aromatic N) is 1. The quantitative estimate of drug-likeness (QED) is 0.636. The first-order valence-electron chi connectivity index (χ1n) is 4.59. The Morgan fingerprint density at radius 2 is 2.31 bits per heavy atom. The van der Waals surface area contributed by atoms with Crippen molar-refractivity contribution in [2.45, 2.75) is 12.8 Å². The number of halogens is 2. The van der Waals surface area contributed by atoms with Gasteiger partial charge in [0.15, 0.2) is 0 Å². The van der Waals surface area contributed by atoms with Crippen LogP contribution in [0.25, 0.3) is 0 Å². The highest BCUT2D eigenvalue weighted by Gasteiger charge is 2.16. The van der Waals surface area contributed by atoms with Crippen molar-refractivity contribution in [2.75, 3.05) is 6.61 Å². The Labute approximate surface area is 107 Å².